The summed E-state index contributed by atoms with van der Waals surface area (Å²) in [5.74, 6) is -1.38. The van der Waals surface area contributed by atoms with Gasteiger partial charge in [0.25, 0.3) is 0 Å². The summed E-state index contributed by atoms with van der Waals surface area (Å²) >= 11 is 0. The molecule has 0 radical (unpaired) electrons. The molecular weight excluding hydrogens is 234 g/mol. The molecule has 2 aromatic carbocycles. The Morgan fingerprint density at radius 2 is 1.72 bits per heavy atom. The van der Waals surface area contributed by atoms with E-state index in [2.05, 4.69) is 0 Å². The number of aryl methyl sites for hydroxylation is 1. The molecule has 0 saturated heterocycles. The number of hydrogen-bond acceptors (Lipinski definition) is 1. The summed E-state index contributed by atoms with van der Waals surface area (Å²) < 4.78 is 27.4. The lowest BCUT2D eigenvalue weighted by Crippen LogP contribution is -2.08. The zero-order valence-electron chi connectivity index (χ0n) is 10.0. The summed E-state index contributed by atoms with van der Waals surface area (Å²) in [5.41, 5.74) is 0.919. The fraction of sp³-hybridized carbons (Fsp3) is 0.200. The summed E-state index contributed by atoms with van der Waals surface area (Å²) in [6.45, 7) is 1.55. The Bertz CT molecular complexity index is 538. The summed E-state index contributed by atoms with van der Waals surface area (Å²) in [5, 5.41) is 9.98. The predicted molar refractivity (Wildman–Crippen MR) is 66.2 cm³/mol. The molecule has 0 amide bonds. The van der Waals surface area contributed by atoms with Crippen LogP contribution in [0.15, 0.2) is 42.5 Å². The second-order valence-corrected chi connectivity index (χ2v) is 4.30. The van der Waals surface area contributed by atoms with Crippen molar-refractivity contribution in [1.29, 1.82) is 0 Å². The monoisotopic (exact) mass is 248 g/mol. The van der Waals surface area contributed by atoms with Crippen LogP contribution in [0, 0.1) is 18.6 Å². The van der Waals surface area contributed by atoms with Crippen LogP contribution in [0.25, 0.3) is 0 Å². The van der Waals surface area contributed by atoms with E-state index in [0.717, 1.165) is 5.56 Å². The summed E-state index contributed by atoms with van der Waals surface area (Å²) in [7, 11) is 0. The summed E-state index contributed by atoms with van der Waals surface area (Å²) in [6.07, 6.45) is -0.981. The van der Waals surface area contributed by atoms with Crippen molar-refractivity contribution < 1.29 is 13.9 Å². The van der Waals surface area contributed by atoms with Crippen LogP contribution in [0.2, 0.25) is 0 Å². The largest absolute Gasteiger partial charge is 0.388 e. The van der Waals surface area contributed by atoms with Crippen LogP contribution in [-0.4, -0.2) is 5.11 Å². The van der Waals surface area contributed by atoms with E-state index in [1.807, 2.05) is 30.3 Å². The molecule has 1 N–H and O–H groups in total. The van der Waals surface area contributed by atoms with Gasteiger partial charge in [-0.2, -0.15) is 0 Å². The normalized spacial score (nSPS) is 12.4. The van der Waals surface area contributed by atoms with Gasteiger partial charge in [-0.05, 0) is 24.1 Å². The van der Waals surface area contributed by atoms with Crippen LogP contribution < -0.4 is 0 Å². The highest BCUT2D eigenvalue weighted by Gasteiger charge is 2.19. The summed E-state index contributed by atoms with van der Waals surface area (Å²) in [4.78, 5) is 0. The third-order valence-electron chi connectivity index (χ3n) is 2.92. The molecule has 0 bridgehead atoms. The predicted octanol–water partition coefficient (Wildman–Crippen LogP) is 3.55. The van der Waals surface area contributed by atoms with Gasteiger partial charge >= 0.3 is 0 Å². The van der Waals surface area contributed by atoms with Crippen molar-refractivity contribution in [1.82, 2.24) is 0 Å². The molecule has 1 atom stereocenters. The van der Waals surface area contributed by atoms with Crippen molar-refractivity contribution >= 4 is 0 Å². The lowest BCUT2D eigenvalue weighted by molar-refractivity contribution is 0.168. The fourth-order valence-electron chi connectivity index (χ4n) is 1.92. The first kappa shape index (κ1) is 12.7. The van der Waals surface area contributed by atoms with Crippen LogP contribution in [0.1, 0.15) is 22.8 Å². The molecule has 0 aliphatic rings. The van der Waals surface area contributed by atoms with Gasteiger partial charge in [0.15, 0.2) is 0 Å². The molecule has 0 aliphatic heterocycles. The quantitative estimate of drug-likeness (QED) is 0.880. The molecule has 1 nitrogen and oxygen atoms in total. The minimum atomic E-state index is -1.17. The van der Waals surface area contributed by atoms with Gasteiger partial charge in [0, 0.05) is 6.42 Å². The van der Waals surface area contributed by atoms with Crippen molar-refractivity contribution in [2.24, 2.45) is 0 Å². The average Bonchev–Trinajstić information content (AvgIpc) is 2.36. The number of aliphatic hydroxyl groups excluding tert-OH is 1. The van der Waals surface area contributed by atoms with E-state index in [0.29, 0.717) is 5.56 Å². The first-order chi connectivity index (χ1) is 8.59. The van der Waals surface area contributed by atoms with E-state index < -0.39 is 17.7 Å². The van der Waals surface area contributed by atoms with E-state index in [1.165, 1.54) is 12.1 Å². The number of rotatable bonds is 3. The first-order valence-corrected chi connectivity index (χ1v) is 5.76. The molecule has 0 fully saturated rings. The Balaban J connectivity index is 2.29. The van der Waals surface area contributed by atoms with Gasteiger partial charge in [0.2, 0.25) is 0 Å². The van der Waals surface area contributed by atoms with Gasteiger partial charge in [-0.1, -0.05) is 36.4 Å². The maximum Gasteiger partial charge on any atom is 0.134 e. The van der Waals surface area contributed by atoms with Gasteiger partial charge in [-0.15, -0.1) is 0 Å². The van der Waals surface area contributed by atoms with Crippen LogP contribution >= 0.6 is 0 Å². The third-order valence-corrected chi connectivity index (χ3v) is 2.92. The maximum absolute atomic E-state index is 13.8. The Kier molecular flexibility index (Phi) is 3.72. The van der Waals surface area contributed by atoms with Crippen LogP contribution in [-0.2, 0) is 6.42 Å². The molecule has 0 aliphatic carbocycles. The molecule has 18 heavy (non-hydrogen) atoms. The Morgan fingerprint density at radius 1 is 1.06 bits per heavy atom. The van der Waals surface area contributed by atoms with Crippen LogP contribution in [0.5, 0.6) is 0 Å². The Hall–Kier alpha value is -1.74. The Morgan fingerprint density at radius 3 is 2.39 bits per heavy atom. The van der Waals surface area contributed by atoms with E-state index in [4.69, 9.17) is 0 Å². The van der Waals surface area contributed by atoms with Crippen molar-refractivity contribution in [3.05, 3.63) is 70.8 Å². The second-order valence-electron chi connectivity index (χ2n) is 4.30. The van der Waals surface area contributed by atoms with E-state index in [1.54, 1.807) is 6.92 Å². The fourth-order valence-corrected chi connectivity index (χ4v) is 1.92. The molecule has 0 saturated carbocycles. The summed E-state index contributed by atoms with van der Waals surface area (Å²) in [6, 6.07) is 11.7. The van der Waals surface area contributed by atoms with Crippen molar-refractivity contribution in [3.8, 4) is 0 Å². The average molecular weight is 248 g/mol. The smallest absolute Gasteiger partial charge is 0.134 e. The zero-order chi connectivity index (χ0) is 13.1. The lowest BCUT2D eigenvalue weighted by atomic mass is 9.99. The minimum Gasteiger partial charge on any atom is -0.388 e. The zero-order valence-corrected chi connectivity index (χ0v) is 10.0. The number of hydrogen-bond donors (Lipinski definition) is 1. The molecule has 2 rings (SSSR count). The van der Waals surface area contributed by atoms with Crippen molar-refractivity contribution in [2.45, 2.75) is 19.4 Å². The van der Waals surface area contributed by atoms with E-state index in [-0.39, 0.29) is 12.0 Å². The highest BCUT2D eigenvalue weighted by atomic mass is 19.1. The molecule has 1 unspecified atom stereocenters. The minimum absolute atomic E-state index is 0.193. The molecule has 0 heterocycles. The van der Waals surface area contributed by atoms with Gasteiger partial charge < -0.3 is 5.11 Å². The molecular formula is C15H14F2O. The second kappa shape index (κ2) is 5.27. The molecule has 2 aromatic rings. The van der Waals surface area contributed by atoms with Gasteiger partial charge in [0.05, 0.1) is 11.7 Å². The van der Waals surface area contributed by atoms with E-state index >= 15 is 0 Å². The maximum atomic E-state index is 13.8. The molecule has 0 spiro atoms. The topological polar surface area (TPSA) is 20.2 Å². The highest BCUT2D eigenvalue weighted by molar-refractivity contribution is 5.29. The molecule has 3 heteroatoms. The number of benzene rings is 2. The van der Waals surface area contributed by atoms with Crippen LogP contribution in [0.3, 0.4) is 0 Å². The van der Waals surface area contributed by atoms with Gasteiger partial charge in [0.1, 0.15) is 11.6 Å². The molecule has 0 aromatic heterocycles. The molecule has 94 valence electrons. The number of halogens is 2. The van der Waals surface area contributed by atoms with Crippen molar-refractivity contribution in [3.63, 3.8) is 0 Å². The SMILES string of the molecule is Cc1ccc(F)c(C(O)Cc2ccccc2)c1F. The van der Waals surface area contributed by atoms with Crippen LogP contribution in [0.4, 0.5) is 8.78 Å². The Labute approximate surface area is 105 Å². The highest BCUT2D eigenvalue weighted by Crippen LogP contribution is 2.25. The van der Waals surface area contributed by atoms with E-state index in [9.17, 15) is 13.9 Å². The lowest BCUT2D eigenvalue weighted by Gasteiger charge is -2.14. The first-order valence-electron chi connectivity index (χ1n) is 5.76. The third kappa shape index (κ3) is 2.57. The van der Waals surface area contributed by atoms with Crippen molar-refractivity contribution in [2.75, 3.05) is 0 Å². The number of aliphatic hydroxyl groups is 1. The standard InChI is InChI=1S/C15H14F2O/c1-10-7-8-12(16)14(15(10)17)13(18)9-11-5-3-2-4-6-11/h2-8,13,18H,9H2,1H3. The van der Waals surface area contributed by atoms with Gasteiger partial charge in [-0.3, -0.25) is 0 Å². The van der Waals surface area contributed by atoms with Gasteiger partial charge in [-0.25, -0.2) is 8.78 Å².